The summed E-state index contributed by atoms with van der Waals surface area (Å²) in [6.45, 7) is 0.375. The van der Waals surface area contributed by atoms with E-state index in [1.807, 2.05) is 17.5 Å². The third-order valence-corrected chi connectivity index (χ3v) is 6.75. The van der Waals surface area contributed by atoms with Crippen LogP contribution in [0.1, 0.15) is 11.3 Å². The van der Waals surface area contributed by atoms with Gasteiger partial charge in [0.1, 0.15) is 16.8 Å². The molecule has 1 aromatic heterocycles. The summed E-state index contributed by atoms with van der Waals surface area (Å²) in [6.07, 6.45) is 0.0128. The lowest BCUT2D eigenvalue weighted by Crippen LogP contribution is -2.32. The quantitative estimate of drug-likeness (QED) is 0.525. The molecule has 2 heterocycles. The van der Waals surface area contributed by atoms with E-state index in [1.54, 1.807) is 59.7 Å². The number of nitrogens with one attached hydrogen (secondary N) is 1. The SMILES string of the molecule is COc1ccc(NC(=O)C[C@H]2SC(=Nc3ccc(F)cc3)N(Cc3cccs3)C2=O)cc1. The summed E-state index contributed by atoms with van der Waals surface area (Å²) in [5.74, 6) is -0.0997. The summed E-state index contributed by atoms with van der Waals surface area (Å²) in [6, 6.07) is 16.6. The number of halogens is 1. The molecule has 0 radical (unpaired) electrons. The second-order valence-electron chi connectivity index (χ2n) is 6.96. The number of ether oxygens (including phenoxy) is 1. The van der Waals surface area contributed by atoms with E-state index in [-0.39, 0.29) is 24.1 Å². The van der Waals surface area contributed by atoms with Crippen molar-refractivity contribution in [1.29, 1.82) is 0 Å². The summed E-state index contributed by atoms with van der Waals surface area (Å²) in [5.41, 5.74) is 1.17. The molecule has 1 atom stereocenters. The van der Waals surface area contributed by atoms with E-state index in [2.05, 4.69) is 10.3 Å². The van der Waals surface area contributed by atoms with Crippen molar-refractivity contribution in [3.8, 4) is 5.75 Å². The first kappa shape index (κ1) is 22.0. The number of thiophene rings is 1. The Morgan fingerprint density at radius 3 is 2.56 bits per heavy atom. The zero-order valence-electron chi connectivity index (χ0n) is 17.2. The highest BCUT2D eigenvalue weighted by molar-refractivity contribution is 8.15. The van der Waals surface area contributed by atoms with E-state index in [9.17, 15) is 14.0 Å². The molecule has 2 amide bonds. The van der Waals surface area contributed by atoms with Crippen molar-refractivity contribution in [2.24, 2.45) is 4.99 Å². The van der Waals surface area contributed by atoms with E-state index in [4.69, 9.17) is 4.74 Å². The van der Waals surface area contributed by atoms with Gasteiger partial charge < -0.3 is 10.1 Å². The van der Waals surface area contributed by atoms with Gasteiger partial charge in [-0.05, 0) is 60.0 Å². The van der Waals surface area contributed by atoms with Crippen LogP contribution in [0.25, 0.3) is 0 Å². The number of anilines is 1. The fourth-order valence-electron chi connectivity index (χ4n) is 3.11. The molecule has 1 N–H and O–H groups in total. The number of thioether (sulfide) groups is 1. The first-order valence-electron chi connectivity index (χ1n) is 9.80. The maximum absolute atomic E-state index is 13.2. The maximum atomic E-state index is 13.2. The molecule has 3 aromatic rings. The molecule has 4 rings (SSSR count). The molecule has 1 saturated heterocycles. The minimum atomic E-state index is -0.590. The second-order valence-corrected chi connectivity index (χ2v) is 9.16. The number of rotatable bonds is 7. The molecule has 0 unspecified atom stereocenters. The Kier molecular flexibility index (Phi) is 6.87. The molecule has 1 fully saturated rings. The van der Waals surface area contributed by atoms with Gasteiger partial charge in [-0.1, -0.05) is 17.8 Å². The monoisotopic (exact) mass is 469 g/mol. The van der Waals surface area contributed by atoms with Crippen molar-refractivity contribution in [3.05, 3.63) is 76.7 Å². The zero-order valence-corrected chi connectivity index (χ0v) is 18.8. The fourth-order valence-corrected chi connectivity index (χ4v) is 4.96. The third kappa shape index (κ3) is 5.35. The molecule has 32 heavy (non-hydrogen) atoms. The van der Waals surface area contributed by atoms with Gasteiger partial charge in [0.05, 0.1) is 19.3 Å². The Morgan fingerprint density at radius 2 is 1.91 bits per heavy atom. The third-order valence-electron chi connectivity index (χ3n) is 4.71. The van der Waals surface area contributed by atoms with Gasteiger partial charge in [0.25, 0.3) is 0 Å². The molecule has 1 aliphatic heterocycles. The maximum Gasteiger partial charge on any atom is 0.243 e. The summed E-state index contributed by atoms with van der Waals surface area (Å²) in [7, 11) is 1.57. The van der Waals surface area contributed by atoms with Crippen LogP contribution in [-0.2, 0) is 16.1 Å². The molecule has 2 aromatic carbocycles. The molecule has 0 spiro atoms. The summed E-state index contributed by atoms with van der Waals surface area (Å²) in [5, 5.41) is 4.66. The number of hydrogen-bond donors (Lipinski definition) is 1. The van der Waals surface area contributed by atoms with E-state index in [0.717, 1.165) is 4.88 Å². The molecule has 164 valence electrons. The Morgan fingerprint density at radius 1 is 1.16 bits per heavy atom. The lowest BCUT2D eigenvalue weighted by molar-refractivity contribution is -0.128. The summed E-state index contributed by atoms with van der Waals surface area (Å²) < 4.78 is 18.4. The Labute approximate surface area is 193 Å². The number of methoxy groups -OCH3 is 1. The minimum Gasteiger partial charge on any atom is -0.497 e. The Bertz CT molecular complexity index is 1120. The number of carbonyl (C=O) groups is 2. The highest BCUT2D eigenvalue weighted by atomic mass is 32.2. The van der Waals surface area contributed by atoms with Crippen LogP contribution in [0.4, 0.5) is 15.8 Å². The van der Waals surface area contributed by atoms with Crippen molar-refractivity contribution in [1.82, 2.24) is 4.90 Å². The van der Waals surface area contributed by atoms with E-state index >= 15 is 0 Å². The molecule has 0 aliphatic carbocycles. The van der Waals surface area contributed by atoms with Crippen LogP contribution in [-0.4, -0.2) is 34.2 Å². The van der Waals surface area contributed by atoms with Crippen molar-refractivity contribution in [3.63, 3.8) is 0 Å². The highest BCUT2D eigenvalue weighted by Crippen LogP contribution is 2.33. The molecule has 6 nitrogen and oxygen atoms in total. The van der Waals surface area contributed by atoms with Gasteiger partial charge in [-0.3, -0.25) is 14.5 Å². The summed E-state index contributed by atoms with van der Waals surface area (Å²) >= 11 is 2.79. The molecule has 1 aliphatic rings. The van der Waals surface area contributed by atoms with Crippen LogP contribution in [0.5, 0.6) is 5.75 Å². The van der Waals surface area contributed by atoms with Gasteiger partial charge in [0.2, 0.25) is 11.8 Å². The molecule has 9 heteroatoms. The van der Waals surface area contributed by atoms with Crippen molar-refractivity contribution >= 4 is 51.5 Å². The highest BCUT2D eigenvalue weighted by Gasteiger charge is 2.39. The Hall–Kier alpha value is -3.17. The zero-order chi connectivity index (χ0) is 22.5. The Balaban J connectivity index is 1.50. The standard InChI is InChI=1S/C23H20FN3O3S2/c1-30-18-10-8-16(9-11-18)25-21(28)13-20-22(29)27(14-19-3-2-12-31-19)23(32-20)26-17-6-4-15(24)5-7-17/h2-12,20H,13-14H2,1H3,(H,25,28)/t20-/m1/s1. The number of hydrogen-bond acceptors (Lipinski definition) is 6. The van der Waals surface area contributed by atoms with Gasteiger partial charge in [-0.15, -0.1) is 11.3 Å². The molecule has 0 bridgehead atoms. The number of carbonyl (C=O) groups excluding carboxylic acids is 2. The van der Waals surface area contributed by atoms with Crippen LogP contribution >= 0.6 is 23.1 Å². The molecular formula is C23H20FN3O3S2. The average Bonchev–Trinajstić information content (AvgIpc) is 3.40. The predicted molar refractivity (Wildman–Crippen MR) is 126 cm³/mol. The first-order valence-corrected chi connectivity index (χ1v) is 11.6. The van der Waals surface area contributed by atoms with Gasteiger partial charge >= 0.3 is 0 Å². The van der Waals surface area contributed by atoms with Gasteiger partial charge in [0.15, 0.2) is 5.17 Å². The van der Waals surface area contributed by atoms with E-state index < -0.39 is 5.25 Å². The van der Waals surface area contributed by atoms with Gasteiger partial charge in [-0.25, -0.2) is 9.38 Å². The van der Waals surface area contributed by atoms with Crippen molar-refractivity contribution in [2.45, 2.75) is 18.2 Å². The van der Waals surface area contributed by atoms with Gasteiger partial charge in [0, 0.05) is 17.0 Å². The molecule has 0 saturated carbocycles. The largest absolute Gasteiger partial charge is 0.497 e. The predicted octanol–water partition coefficient (Wildman–Crippen LogP) is 5.06. The topological polar surface area (TPSA) is 71.0 Å². The van der Waals surface area contributed by atoms with E-state index in [1.165, 1.54) is 23.9 Å². The fraction of sp³-hybridized carbons (Fsp3) is 0.174. The van der Waals surface area contributed by atoms with Crippen molar-refractivity contribution < 1.29 is 18.7 Å². The van der Waals surface area contributed by atoms with Crippen LogP contribution in [0.2, 0.25) is 0 Å². The van der Waals surface area contributed by atoms with Crippen LogP contribution in [0.3, 0.4) is 0 Å². The van der Waals surface area contributed by atoms with Crippen LogP contribution in [0.15, 0.2) is 71.0 Å². The van der Waals surface area contributed by atoms with Crippen molar-refractivity contribution in [2.75, 3.05) is 12.4 Å². The average molecular weight is 470 g/mol. The van der Waals surface area contributed by atoms with E-state index in [0.29, 0.717) is 28.8 Å². The molecular weight excluding hydrogens is 449 g/mol. The number of amides is 2. The lowest BCUT2D eigenvalue weighted by Gasteiger charge is -2.15. The normalized spacial score (nSPS) is 17.1. The second kappa shape index (κ2) is 9.97. The van der Waals surface area contributed by atoms with Crippen LogP contribution in [0, 0.1) is 5.82 Å². The number of benzene rings is 2. The van der Waals surface area contributed by atoms with Crippen LogP contribution < -0.4 is 10.1 Å². The minimum absolute atomic E-state index is 0.0128. The lowest BCUT2D eigenvalue weighted by atomic mass is 10.2. The van der Waals surface area contributed by atoms with Gasteiger partial charge in [-0.2, -0.15) is 0 Å². The number of nitrogens with zero attached hydrogens (tertiary/aromatic N) is 2. The first-order chi connectivity index (χ1) is 15.5. The number of aliphatic imine (C=N–C) groups is 1. The smallest absolute Gasteiger partial charge is 0.243 e. The summed E-state index contributed by atoms with van der Waals surface area (Å²) in [4.78, 5) is 32.9. The number of amidine groups is 1.